The van der Waals surface area contributed by atoms with Crippen LogP contribution in [0.4, 0.5) is 10.1 Å². The van der Waals surface area contributed by atoms with Crippen LogP contribution in [0.5, 0.6) is 5.75 Å². The van der Waals surface area contributed by atoms with Crippen LogP contribution in [0.15, 0.2) is 12.1 Å². The molecule has 1 atom stereocenters. The molecule has 0 aromatic heterocycles. The topological polar surface area (TPSA) is 79.3 Å². The van der Waals surface area contributed by atoms with Gasteiger partial charge in [0.15, 0.2) is 0 Å². The van der Waals surface area contributed by atoms with Gasteiger partial charge in [0.2, 0.25) is 0 Å². The first-order chi connectivity index (χ1) is 9.06. The lowest BCUT2D eigenvalue weighted by Crippen LogP contribution is -2.29. The number of amides is 1. The number of hydrogen-bond acceptors (Lipinski definition) is 4. The first kappa shape index (κ1) is 13.1. The van der Waals surface area contributed by atoms with Crippen LogP contribution in [0.3, 0.4) is 0 Å². The van der Waals surface area contributed by atoms with E-state index in [0.717, 1.165) is 6.07 Å². The molecule has 1 aliphatic rings. The Balaban J connectivity index is 2.27. The number of likely N-dealkylation sites (tertiary alicyclic amines) is 1. The molecule has 0 aliphatic carbocycles. The van der Waals surface area contributed by atoms with E-state index < -0.39 is 11.7 Å². The Labute approximate surface area is 110 Å². The van der Waals surface area contributed by atoms with Gasteiger partial charge in [-0.2, -0.15) is 5.26 Å². The van der Waals surface area contributed by atoms with Crippen molar-refractivity contribution in [1.82, 2.24) is 4.90 Å². The number of nitrogens with zero attached hydrogens (tertiary/aromatic N) is 2. The molecule has 1 aromatic rings. The van der Waals surface area contributed by atoms with Gasteiger partial charge in [-0.25, -0.2) is 4.39 Å². The fourth-order valence-electron chi connectivity index (χ4n) is 2.13. The Kier molecular flexibility index (Phi) is 3.56. The third-order valence-corrected chi connectivity index (χ3v) is 3.21. The molecule has 0 bridgehead atoms. The second kappa shape index (κ2) is 5.14. The zero-order chi connectivity index (χ0) is 14.0. The summed E-state index contributed by atoms with van der Waals surface area (Å²) < 4.78 is 18.8. The number of rotatable bonds is 2. The Morgan fingerprint density at radius 1 is 1.63 bits per heavy atom. The zero-order valence-corrected chi connectivity index (χ0v) is 10.5. The second-order valence-electron chi connectivity index (χ2n) is 4.44. The highest BCUT2D eigenvalue weighted by Crippen LogP contribution is 2.27. The Morgan fingerprint density at radius 2 is 2.37 bits per heavy atom. The highest BCUT2D eigenvalue weighted by Gasteiger charge is 2.28. The number of methoxy groups -OCH3 is 1. The summed E-state index contributed by atoms with van der Waals surface area (Å²) >= 11 is 0. The summed E-state index contributed by atoms with van der Waals surface area (Å²) in [7, 11) is 1.40. The van der Waals surface area contributed by atoms with E-state index in [1.807, 2.05) is 0 Å². The van der Waals surface area contributed by atoms with Gasteiger partial charge in [-0.3, -0.25) is 4.79 Å². The smallest absolute Gasteiger partial charge is 0.257 e. The van der Waals surface area contributed by atoms with E-state index in [1.54, 1.807) is 0 Å². The van der Waals surface area contributed by atoms with Gasteiger partial charge in [0.05, 0.1) is 30.3 Å². The molecule has 1 heterocycles. The standard InChI is InChI=1S/C13H14FN3O2/c1-19-12-4-9(10(14)5-11(12)16)13(18)17-3-2-8(6-15)7-17/h4-5,8H,2-3,7,16H2,1H3. The first-order valence-electron chi connectivity index (χ1n) is 5.88. The van der Waals surface area contributed by atoms with Crippen molar-refractivity contribution >= 4 is 11.6 Å². The van der Waals surface area contributed by atoms with Crippen LogP contribution in [0.2, 0.25) is 0 Å². The highest BCUT2D eigenvalue weighted by atomic mass is 19.1. The number of ether oxygens (including phenoxy) is 1. The number of carbonyl (C=O) groups excluding carboxylic acids is 1. The lowest BCUT2D eigenvalue weighted by molar-refractivity contribution is 0.0785. The molecule has 19 heavy (non-hydrogen) atoms. The van der Waals surface area contributed by atoms with Crippen LogP contribution in [0, 0.1) is 23.1 Å². The first-order valence-corrected chi connectivity index (χ1v) is 5.88. The summed E-state index contributed by atoms with van der Waals surface area (Å²) in [5, 5.41) is 8.81. The predicted molar refractivity (Wildman–Crippen MR) is 67.0 cm³/mol. The lowest BCUT2D eigenvalue weighted by Gasteiger charge is -2.17. The normalized spacial score (nSPS) is 18.2. The van der Waals surface area contributed by atoms with Gasteiger partial charge < -0.3 is 15.4 Å². The van der Waals surface area contributed by atoms with Crippen molar-refractivity contribution in [2.45, 2.75) is 6.42 Å². The molecule has 5 nitrogen and oxygen atoms in total. The molecule has 100 valence electrons. The molecule has 0 spiro atoms. The number of halogens is 1. The monoisotopic (exact) mass is 263 g/mol. The molecular weight excluding hydrogens is 249 g/mol. The van der Waals surface area contributed by atoms with Gasteiger partial charge in [-0.1, -0.05) is 0 Å². The van der Waals surface area contributed by atoms with Crippen LogP contribution in [0.1, 0.15) is 16.8 Å². The van der Waals surface area contributed by atoms with E-state index in [9.17, 15) is 9.18 Å². The third kappa shape index (κ3) is 2.45. The van der Waals surface area contributed by atoms with Crippen molar-refractivity contribution in [3.05, 3.63) is 23.5 Å². The summed E-state index contributed by atoms with van der Waals surface area (Å²) in [6.07, 6.45) is 0.621. The van der Waals surface area contributed by atoms with Crippen molar-refractivity contribution in [3.8, 4) is 11.8 Å². The van der Waals surface area contributed by atoms with E-state index in [2.05, 4.69) is 6.07 Å². The summed E-state index contributed by atoms with van der Waals surface area (Å²) in [5.41, 5.74) is 5.63. The van der Waals surface area contributed by atoms with Crippen LogP contribution < -0.4 is 10.5 Å². The van der Waals surface area contributed by atoms with E-state index in [-0.39, 0.29) is 22.9 Å². The number of hydrogen-bond donors (Lipinski definition) is 1. The maximum atomic E-state index is 13.8. The van der Waals surface area contributed by atoms with Gasteiger partial charge in [-0.15, -0.1) is 0 Å². The Hall–Kier alpha value is -2.29. The van der Waals surface area contributed by atoms with Crippen molar-refractivity contribution < 1.29 is 13.9 Å². The van der Waals surface area contributed by atoms with Gasteiger partial charge >= 0.3 is 0 Å². The fourth-order valence-corrected chi connectivity index (χ4v) is 2.13. The van der Waals surface area contributed by atoms with Gasteiger partial charge in [0, 0.05) is 19.2 Å². The van der Waals surface area contributed by atoms with E-state index >= 15 is 0 Å². The molecular formula is C13H14FN3O2. The quantitative estimate of drug-likeness (QED) is 0.818. The lowest BCUT2D eigenvalue weighted by atomic mass is 10.1. The summed E-state index contributed by atoms with van der Waals surface area (Å²) in [4.78, 5) is 13.7. The van der Waals surface area contributed by atoms with Crippen LogP contribution in [0.25, 0.3) is 0 Å². The van der Waals surface area contributed by atoms with Crippen molar-refractivity contribution in [3.63, 3.8) is 0 Å². The molecule has 1 saturated heterocycles. The molecule has 6 heteroatoms. The Morgan fingerprint density at radius 3 is 2.95 bits per heavy atom. The van der Waals surface area contributed by atoms with Gasteiger partial charge in [0.25, 0.3) is 5.91 Å². The SMILES string of the molecule is COc1cc(C(=O)N2CCC(C#N)C2)c(F)cc1N. The van der Waals surface area contributed by atoms with Crippen LogP contribution in [-0.2, 0) is 0 Å². The van der Waals surface area contributed by atoms with Gasteiger partial charge in [0.1, 0.15) is 11.6 Å². The van der Waals surface area contributed by atoms with E-state index in [0.29, 0.717) is 19.5 Å². The Bertz CT molecular complexity index is 554. The largest absolute Gasteiger partial charge is 0.495 e. The highest BCUT2D eigenvalue weighted by molar-refractivity contribution is 5.95. The number of nitriles is 1. The summed E-state index contributed by atoms with van der Waals surface area (Å²) in [5.74, 6) is -1.03. The minimum atomic E-state index is -0.677. The molecule has 2 rings (SSSR count). The molecule has 0 saturated carbocycles. The number of anilines is 1. The zero-order valence-electron chi connectivity index (χ0n) is 10.5. The second-order valence-corrected chi connectivity index (χ2v) is 4.44. The predicted octanol–water partition coefficient (Wildman–Crippen LogP) is 1.40. The van der Waals surface area contributed by atoms with Crippen molar-refractivity contribution in [2.24, 2.45) is 5.92 Å². The average molecular weight is 263 g/mol. The molecule has 1 aliphatic heterocycles. The molecule has 1 fully saturated rings. The summed E-state index contributed by atoms with van der Waals surface area (Å²) in [6, 6.07) is 4.49. The molecule has 0 radical (unpaired) electrons. The fraction of sp³-hybridized carbons (Fsp3) is 0.385. The number of nitrogen functional groups attached to an aromatic ring is 1. The number of carbonyl (C=O) groups is 1. The summed E-state index contributed by atoms with van der Waals surface area (Å²) in [6.45, 7) is 0.796. The maximum Gasteiger partial charge on any atom is 0.257 e. The number of nitrogens with two attached hydrogens (primary N) is 1. The van der Waals surface area contributed by atoms with Crippen LogP contribution in [-0.4, -0.2) is 31.0 Å². The molecule has 1 amide bonds. The molecule has 1 aromatic carbocycles. The van der Waals surface area contributed by atoms with Crippen molar-refractivity contribution in [2.75, 3.05) is 25.9 Å². The molecule has 1 unspecified atom stereocenters. The minimum Gasteiger partial charge on any atom is -0.495 e. The number of benzene rings is 1. The average Bonchev–Trinajstić information content (AvgIpc) is 2.87. The minimum absolute atomic E-state index is 0.0790. The maximum absolute atomic E-state index is 13.8. The molecule has 2 N–H and O–H groups in total. The third-order valence-electron chi connectivity index (χ3n) is 3.21. The van der Waals surface area contributed by atoms with Crippen molar-refractivity contribution in [1.29, 1.82) is 5.26 Å². The van der Waals surface area contributed by atoms with E-state index in [4.69, 9.17) is 15.7 Å². The van der Waals surface area contributed by atoms with Crippen LogP contribution >= 0.6 is 0 Å². The van der Waals surface area contributed by atoms with E-state index in [1.165, 1.54) is 18.1 Å². The van der Waals surface area contributed by atoms with Gasteiger partial charge in [-0.05, 0) is 12.5 Å².